The van der Waals surface area contributed by atoms with Gasteiger partial charge in [-0.1, -0.05) is 13.3 Å². The Morgan fingerprint density at radius 2 is 1.50 bits per heavy atom. The fraction of sp³-hybridized carbons (Fsp3) is 1.00. The molecule has 0 fully saturated rings. The fourth-order valence-electron chi connectivity index (χ4n) is 0.776. The first-order chi connectivity index (χ1) is 7.06. The molecule has 0 aromatic heterocycles. The van der Waals surface area contributed by atoms with E-state index >= 15 is 0 Å². The second-order valence-electron chi connectivity index (χ2n) is 2.86. The maximum Gasteiger partial charge on any atom is 2.00 e. The van der Waals surface area contributed by atoms with E-state index in [1.165, 1.54) is 0 Å². The van der Waals surface area contributed by atoms with Gasteiger partial charge in [-0.3, -0.25) is 0 Å². The van der Waals surface area contributed by atoms with E-state index in [-0.39, 0.29) is 51.0 Å². The van der Waals surface area contributed by atoms with Crippen LogP contribution in [0.5, 0.6) is 0 Å². The smallest absolute Gasteiger partial charge is 0.790 e. The first kappa shape index (κ1) is 19.6. The number of hydrogen-bond donors (Lipinski definition) is 0. The number of phosphoric ester groups is 1. The quantitative estimate of drug-likeness (QED) is 0.298. The van der Waals surface area contributed by atoms with Gasteiger partial charge in [0, 0.05) is 6.61 Å². The molecule has 0 amide bonds. The van der Waals surface area contributed by atoms with Crippen molar-refractivity contribution in [3.63, 3.8) is 0 Å². The summed E-state index contributed by atoms with van der Waals surface area (Å²) in [5.74, 6) is 0. The predicted octanol–water partition coefficient (Wildman–Crippen LogP) is -0.716. The topological polar surface area (TPSA) is 90.9 Å². The first-order valence-corrected chi connectivity index (χ1v) is 6.34. The minimum atomic E-state index is -4.85. The fourth-order valence-corrected chi connectivity index (χ4v) is 1.07. The van der Waals surface area contributed by atoms with Crippen LogP contribution < -0.4 is 9.79 Å². The third kappa shape index (κ3) is 17.7. The SMILES string of the molecule is CCCCOCCOCCOP(=O)([O-])[O-].[Ca+2]. The molecule has 0 aliphatic heterocycles. The van der Waals surface area contributed by atoms with Crippen LogP contribution in [0.2, 0.25) is 0 Å². The Morgan fingerprint density at radius 1 is 1.00 bits per heavy atom. The predicted molar refractivity (Wildman–Crippen MR) is 55.9 cm³/mol. The van der Waals surface area contributed by atoms with Gasteiger partial charge < -0.3 is 28.3 Å². The monoisotopic (exact) mass is 280 g/mol. The van der Waals surface area contributed by atoms with Gasteiger partial charge >= 0.3 is 37.7 Å². The van der Waals surface area contributed by atoms with E-state index < -0.39 is 7.82 Å². The van der Waals surface area contributed by atoms with Crippen LogP contribution in [0.4, 0.5) is 0 Å². The minimum absolute atomic E-state index is 0. The molecule has 0 spiro atoms. The third-order valence-electron chi connectivity index (χ3n) is 1.49. The largest absolute Gasteiger partial charge is 2.00 e. The molecule has 8 heteroatoms. The van der Waals surface area contributed by atoms with Crippen molar-refractivity contribution in [2.24, 2.45) is 0 Å². The summed E-state index contributed by atoms with van der Waals surface area (Å²) >= 11 is 0. The van der Waals surface area contributed by atoms with Crippen LogP contribution in [0, 0.1) is 0 Å². The Balaban J connectivity index is 0. The standard InChI is InChI=1S/C8H19O6P.Ca/c1-2-3-4-12-5-6-13-7-8-14-15(9,10)11;/h2-8H2,1H3,(H2,9,10,11);/q;+2/p-2. The molecule has 0 heterocycles. The Hall–Kier alpha value is 1.29. The Kier molecular flexibility index (Phi) is 15.6. The van der Waals surface area contributed by atoms with E-state index in [4.69, 9.17) is 9.47 Å². The Bertz CT molecular complexity index is 185. The summed E-state index contributed by atoms with van der Waals surface area (Å²) in [6.45, 7) is 3.44. The molecule has 0 bridgehead atoms. The van der Waals surface area contributed by atoms with E-state index in [1.807, 2.05) is 0 Å². The molecule has 6 nitrogen and oxygen atoms in total. The van der Waals surface area contributed by atoms with Gasteiger partial charge in [0.25, 0.3) is 0 Å². The van der Waals surface area contributed by atoms with Gasteiger partial charge in [-0.15, -0.1) is 0 Å². The van der Waals surface area contributed by atoms with Crippen LogP contribution in [0.15, 0.2) is 0 Å². The summed E-state index contributed by atoms with van der Waals surface area (Å²) < 4.78 is 24.1. The van der Waals surface area contributed by atoms with Crippen molar-refractivity contribution >= 4 is 45.6 Å². The first-order valence-electron chi connectivity index (χ1n) is 4.88. The van der Waals surface area contributed by atoms with E-state index in [1.54, 1.807) is 0 Å². The van der Waals surface area contributed by atoms with Crippen LogP contribution >= 0.6 is 7.82 Å². The summed E-state index contributed by atoms with van der Waals surface area (Å²) in [5.41, 5.74) is 0. The second-order valence-corrected chi connectivity index (χ2v) is 4.01. The molecule has 0 aromatic rings. The normalized spacial score (nSPS) is 11.2. The van der Waals surface area contributed by atoms with E-state index in [2.05, 4.69) is 11.4 Å². The number of hydrogen-bond acceptors (Lipinski definition) is 6. The van der Waals surface area contributed by atoms with Crippen LogP contribution in [0.3, 0.4) is 0 Å². The zero-order chi connectivity index (χ0) is 11.6. The van der Waals surface area contributed by atoms with E-state index in [0.29, 0.717) is 19.8 Å². The molecule has 0 aliphatic rings. The van der Waals surface area contributed by atoms with Crippen molar-refractivity contribution in [1.29, 1.82) is 0 Å². The molecule has 0 saturated carbocycles. The molecule has 0 unspecified atom stereocenters. The zero-order valence-corrected chi connectivity index (χ0v) is 12.7. The van der Waals surface area contributed by atoms with Crippen molar-refractivity contribution in [1.82, 2.24) is 0 Å². The average molecular weight is 280 g/mol. The maximum atomic E-state index is 10.0. The summed E-state index contributed by atoms with van der Waals surface area (Å²) in [6.07, 6.45) is 2.09. The zero-order valence-electron chi connectivity index (χ0n) is 9.55. The molecular formula is C8H17CaO6P. The van der Waals surface area contributed by atoms with Crippen molar-refractivity contribution in [2.75, 3.05) is 33.0 Å². The van der Waals surface area contributed by atoms with Gasteiger partial charge in [0.1, 0.15) is 0 Å². The minimum Gasteiger partial charge on any atom is -0.790 e. The number of ether oxygens (including phenoxy) is 2. The molecule has 92 valence electrons. The van der Waals surface area contributed by atoms with Crippen molar-refractivity contribution < 1.29 is 28.3 Å². The number of phosphoric acid groups is 1. The Labute approximate surface area is 126 Å². The average Bonchev–Trinajstić information content (AvgIpc) is 2.14. The third-order valence-corrected chi connectivity index (χ3v) is 1.99. The van der Waals surface area contributed by atoms with Crippen molar-refractivity contribution in [3.05, 3.63) is 0 Å². The van der Waals surface area contributed by atoms with Gasteiger partial charge in [0.15, 0.2) is 0 Å². The van der Waals surface area contributed by atoms with Crippen LogP contribution in [0.1, 0.15) is 19.8 Å². The molecule has 0 aromatic carbocycles. The van der Waals surface area contributed by atoms with Crippen molar-refractivity contribution in [2.45, 2.75) is 19.8 Å². The van der Waals surface area contributed by atoms with Gasteiger partial charge in [-0.2, -0.15) is 0 Å². The molecule has 0 atom stereocenters. The van der Waals surface area contributed by atoms with Crippen LogP contribution in [-0.2, 0) is 18.6 Å². The van der Waals surface area contributed by atoms with Crippen LogP contribution in [-0.4, -0.2) is 70.8 Å². The van der Waals surface area contributed by atoms with Gasteiger partial charge in [-0.05, 0) is 6.42 Å². The number of unbranched alkanes of at least 4 members (excludes halogenated alkanes) is 1. The Morgan fingerprint density at radius 3 is 2.00 bits per heavy atom. The van der Waals surface area contributed by atoms with E-state index in [0.717, 1.165) is 12.8 Å². The van der Waals surface area contributed by atoms with Gasteiger partial charge in [0.2, 0.25) is 0 Å². The molecule has 0 N–H and O–H groups in total. The van der Waals surface area contributed by atoms with Gasteiger partial charge in [0.05, 0.1) is 34.3 Å². The van der Waals surface area contributed by atoms with Crippen LogP contribution in [0.25, 0.3) is 0 Å². The van der Waals surface area contributed by atoms with Crippen molar-refractivity contribution in [3.8, 4) is 0 Å². The second kappa shape index (κ2) is 12.7. The molecule has 0 rings (SSSR count). The summed E-state index contributed by atoms with van der Waals surface area (Å²) in [4.78, 5) is 20.0. The maximum absolute atomic E-state index is 10.0. The molecule has 0 saturated heterocycles. The number of rotatable bonds is 10. The molecular weight excluding hydrogens is 263 g/mol. The summed E-state index contributed by atoms with van der Waals surface area (Å²) in [6, 6.07) is 0. The van der Waals surface area contributed by atoms with E-state index in [9.17, 15) is 14.4 Å². The van der Waals surface area contributed by atoms with Gasteiger partial charge in [-0.25, -0.2) is 0 Å². The summed E-state index contributed by atoms with van der Waals surface area (Å²) in [5, 5.41) is 0. The molecule has 16 heavy (non-hydrogen) atoms. The summed E-state index contributed by atoms with van der Waals surface area (Å²) in [7, 11) is -4.85. The molecule has 0 radical (unpaired) electrons. The molecule has 0 aliphatic carbocycles.